The number of hydrogen-bond acceptors (Lipinski definition) is 8. The lowest BCUT2D eigenvalue weighted by molar-refractivity contribution is -0.384. The number of nitrogens with two attached hydrogens (primary N) is 1. The normalized spacial score (nSPS) is 21.6. The summed E-state index contributed by atoms with van der Waals surface area (Å²) >= 11 is 0. The topological polar surface area (TPSA) is 170 Å². The van der Waals surface area contributed by atoms with Crippen LogP contribution in [0.5, 0.6) is 0 Å². The summed E-state index contributed by atoms with van der Waals surface area (Å²) in [4.78, 5) is 24.2. The molecule has 10 nitrogen and oxygen atoms in total. The number of nitriles is 3. The van der Waals surface area contributed by atoms with Crippen molar-refractivity contribution in [2.45, 2.75) is 12.8 Å². The number of benzene rings is 1. The third-order valence-electron chi connectivity index (χ3n) is 5.65. The first-order valence-electron chi connectivity index (χ1n) is 9.43. The smallest absolute Gasteiger partial charge is 0.410 e. The summed E-state index contributed by atoms with van der Waals surface area (Å²) in [5.74, 6) is -1.47. The van der Waals surface area contributed by atoms with E-state index in [0.717, 1.165) is 0 Å². The van der Waals surface area contributed by atoms with Crippen LogP contribution in [0, 0.1) is 55.4 Å². The lowest BCUT2D eigenvalue weighted by Crippen LogP contribution is -2.49. The number of nitrogens with zero attached hydrogens (tertiary/aromatic N) is 5. The second kappa shape index (κ2) is 8.17. The molecule has 1 aromatic carbocycles. The molecular weight excluding hydrogens is 400 g/mol. The molecule has 1 aromatic rings. The van der Waals surface area contributed by atoms with Crippen molar-refractivity contribution in [1.82, 2.24) is 4.90 Å². The van der Waals surface area contributed by atoms with Gasteiger partial charge in [0.1, 0.15) is 6.07 Å². The molecule has 1 aliphatic heterocycles. The van der Waals surface area contributed by atoms with E-state index in [9.17, 15) is 30.7 Å². The number of nitro benzene ring substituents is 1. The van der Waals surface area contributed by atoms with Gasteiger partial charge in [-0.15, -0.1) is 0 Å². The first kappa shape index (κ1) is 21.4. The molecule has 1 heterocycles. The summed E-state index contributed by atoms with van der Waals surface area (Å²) < 4.78 is 5.07. The minimum atomic E-state index is -1.89. The van der Waals surface area contributed by atoms with Gasteiger partial charge in [-0.2, -0.15) is 15.8 Å². The van der Waals surface area contributed by atoms with Crippen LogP contribution in [0.15, 0.2) is 47.2 Å². The Labute approximate surface area is 178 Å². The second-order valence-corrected chi connectivity index (χ2v) is 7.13. The van der Waals surface area contributed by atoms with Gasteiger partial charge in [0.2, 0.25) is 0 Å². The summed E-state index contributed by atoms with van der Waals surface area (Å²) in [6.45, 7) is 2.13. The van der Waals surface area contributed by atoms with Gasteiger partial charge in [0.15, 0.2) is 5.41 Å². The Bertz CT molecular complexity index is 1100. The van der Waals surface area contributed by atoms with E-state index in [1.54, 1.807) is 13.0 Å². The number of rotatable bonds is 3. The largest absolute Gasteiger partial charge is 0.450 e. The zero-order valence-electron chi connectivity index (χ0n) is 16.6. The molecule has 0 saturated heterocycles. The van der Waals surface area contributed by atoms with E-state index in [0.29, 0.717) is 11.1 Å². The second-order valence-electron chi connectivity index (χ2n) is 7.13. The lowest BCUT2D eigenvalue weighted by atomic mass is 9.58. The highest BCUT2D eigenvalue weighted by Crippen LogP contribution is 2.54. The van der Waals surface area contributed by atoms with Gasteiger partial charge in [0.05, 0.1) is 34.9 Å². The molecule has 3 rings (SSSR count). The number of allylic oxidation sites excluding steroid dienone is 2. The molecule has 0 spiro atoms. The molecule has 156 valence electrons. The molecule has 2 N–H and O–H groups in total. The van der Waals surface area contributed by atoms with Crippen LogP contribution in [0.1, 0.15) is 18.4 Å². The number of amides is 1. The molecule has 1 amide bonds. The molecule has 10 heteroatoms. The van der Waals surface area contributed by atoms with E-state index in [4.69, 9.17) is 10.5 Å². The van der Waals surface area contributed by atoms with Gasteiger partial charge in [-0.1, -0.05) is 18.2 Å². The highest BCUT2D eigenvalue weighted by atomic mass is 16.6. The van der Waals surface area contributed by atoms with Crippen LogP contribution in [-0.4, -0.2) is 35.6 Å². The number of carbonyl (C=O) groups is 1. The summed E-state index contributed by atoms with van der Waals surface area (Å²) in [5.41, 5.74) is 5.08. The van der Waals surface area contributed by atoms with Gasteiger partial charge >= 0.3 is 6.09 Å². The van der Waals surface area contributed by atoms with Crippen LogP contribution >= 0.6 is 0 Å². The van der Waals surface area contributed by atoms with Gasteiger partial charge in [0, 0.05) is 37.1 Å². The Morgan fingerprint density at radius 2 is 1.97 bits per heavy atom. The molecule has 1 aliphatic carbocycles. The van der Waals surface area contributed by atoms with Crippen LogP contribution in [0.3, 0.4) is 0 Å². The van der Waals surface area contributed by atoms with Crippen molar-refractivity contribution in [2.75, 3.05) is 19.7 Å². The monoisotopic (exact) mass is 418 g/mol. The molecule has 2 atom stereocenters. The average molecular weight is 418 g/mol. The van der Waals surface area contributed by atoms with Crippen molar-refractivity contribution in [3.8, 4) is 18.2 Å². The molecular formula is C21H18N6O4. The quantitative estimate of drug-likeness (QED) is 0.576. The van der Waals surface area contributed by atoms with Crippen LogP contribution in [0.25, 0.3) is 0 Å². The standard InChI is InChI=1S/C21H18N6O4/c1-2-31-20(28)26-8-7-15-16(9-22)19(25)21(11-23,12-24)18(17(15)10-26)13-3-5-14(6-4-13)27(29)30/h3-7,17-18H,2,8,10,25H2,1H3. The van der Waals surface area contributed by atoms with E-state index in [-0.39, 0.29) is 36.7 Å². The van der Waals surface area contributed by atoms with Crippen molar-refractivity contribution in [3.63, 3.8) is 0 Å². The fourth-order valence-electron chi connectivity index (χ4n) is 4.22. The number of carbonyl (C=O) groups excluding carboxylic acids is 1. The first-order chi connectivity index (χ1) is 14.8. The number of nitro groups is 1. The molecule has 0 radical (unpaired) electrons. The van der Waals surface area contributed by atoms with Gasteiger partial charge in [-0.05, 0) is 18.1 Å². The third kappa shape index (κ3) is 3.33. The molecule has 0 saturated carbocycles. The Morgan fingerprint density at radius 3 is 2.48 bits per heavy atom. The maximum Gasteiger partial charge on any atom is 0.410 e. The average Bonchev–Trinajstić information content (AvgIpc) is 2.78. The highest BCUT2D eigenvalue weighted by Gasteiger charge is 2.54. The Balaban J connectivity index is 2.22. The van der Waals surface area contributed by atoms with Gasteiger partial charge in [-0.25, -0.2) is 4.79 Å². The first-order valence-corrected chi connectivity index (χ1v) is 9.43. The number of fused-ring (bicyclic) bond motifs is 1. The summed E-state index contributed by atoms with van der Waals surface area (Å²) in [7, 11) is 0. The van der Waals surface area contributed by atoms with Crippen molar-refractivity contribution >= 4 is 11.8 Å². The van der Waals surface area contributed by atoms with Gasteiger partial charge < -0.3 is 15.4 Å². The minimum Gasteiger partial charge on any atom is -0.450 e. The Morgan fingerprint density at radius 1 is 1.32 bits per heavy atom. The lowest BCUT2D eigenvalue weighted by Gasteiger charge is -2.45. The maximum absolute atomic E-state index is 12.3. The fraction of sp³-hybridized carbons (Fsp3) is 0.333. The predicted molar refractivity (Wildman–Crippen MR) is 106 cm³/mol. The number of ether oxygens (including phenoxy) is 1. The van der Waals surface area contributed by atoms with E-state index in [1.807, 2.05) is 18.2 Å². The number of non-ortho nitro benzene ring substituents is 1. The maximum atomic E-state index is 12.3. The van der Waals surface area contributed by atoms with Crippen LogP contribution < -0.4 is 5.73 Å². The predicted octanol–water partition coefficient (Wildman–Crippen LogP) is 2.48. The Hall–Kier alpha value is -4.36. The molecule has 0 aromatic heterocycles. The molecule has 31 heavy (non-hydrogen) atoms. The molecule has 2 unspecified atom stereocenters. The van der Waals surface area contributed by atoms with Crippen molar-refractivity contribution in [1.29, 1.82) is 15.8 Å². The van der Waals surface area contributed by atoms with Crippen LogP contribution in [0.2, 0.25) is 0 Å². The van der Waals surface area contributed by atoms with Gasteiger partial charge in [0.25, 0.3) is 5.69 Å². The summed E-state index contributed by atoms with van der Waals surface area (Å²) in [6, 6.07) is 11.5. The number of hydrogen-bond donors (Lipinski definition) is 1. The van der Waals surface area contributed by atoms with E-state index >= 15 is 0 Å². The zero-order valence-corrected chi connectivity index (χ0v) is 16.6. The summed E-state index contributed by atoms with van der Waals surface area (Å²) in [5, 5.41) is 40.8. The third-order valence-corrected chi connectivity index (χ3v) is 5.65. The fourth-order valence-corrected chi connectivity index (χ4v) is 4.22. The van der Waals surface area contributed by atoms with E-state index in [2.05, 4.69) is 0 Å². The minimum absolute atomic E-state index is 0.0507. The Kier molecular flexibility index (Phi) is 5.63. The van der Waals surface area contributed by atoms with Crippen molar-refractivity contribution in [2.24, 2.45) is 17.1 Å². The SMILES string of the molecule is CCOC(=O)N1CC=C2C(C#N)=C(N)C(C#N)(C#N)C(c3ccc([N+](=O)[O-])cc3)C2C1. The van der Waals surface area contributed by atoms with E-state index < -0.39 is 28.3 Å². The molecule has 0 bridgehead atoms. The van der Waals surface area contributed by atoms with Crippen LogP contribution in [0.4, 0.5) is 10.5 Å². The molecule has 2 aliphatic rings. The summed E-state index contributed by atoms with van der Waals surface area (Å²) in [6.07, 6.45) is 1.12. The molecule has 0 fully saturated rings. The van der Waals surface area contributed by atoms with Gasteiger partial charge in [-0.3, -0.25) is 10.1 Å². The van der Waals surface area contributed by atoms with Crippen molar-refractivity contribution < 1.29 is 14.5 Å². The van der Waals surface area contributed by atoms with Crippen LogP contribution in [-0.2, 0) is 4.74 Å². The van der Waals surface area contributed by atoms with Crippen molar-refractivity contribution in [3.05, 3.63) is 62.9 Å². The van der Waals surface area contributed by atoms with E-state index in [1.165, 1.54) is 29.2 Å². The highest BCUT2D eigenvalue weighted by molar-refractivity contribution is 5.69. The zero-order chi connectivity index (χ0) is 22.8.